The van der Waals surface area contributed by atoms with Gasteiger partial charge in [0.15, 0.2) is 5.96 Å². The van der Waals surface area contributed by atoms with Crippen molar-refractivity contribution in [2.24, 2.45) is 4.99 Å². The van der Waals surface area contributed by atoms with Crippen LogP contribution in [-0.2, 0) is 22.6 Å². The molecule has 1 saturated heterocycles. The molecule has 0 aliphatic carbocycles. The number of benzene rings is 2. The number of hydrogen-bond acceptors (Lipinski definition) is 3. The summed E-state index contributed by atoms with van der Waals surface area (Å²) in [4.78, 5) is 18.7. The van der Waals surface area contributed by atoms with Crippen molar-refractivity contribution in [1.29, 1.82) is 0 Å². The fourth-order valence-corrected chi connectivity index (χ4v) is 3.26. The molecule has 6 nitrogen and oxygen atoms in total. The molecule has 1 amide bonds. The summed E-state index contributed by atoms with van der Waals surface area (Å²) < 4.78 is 5.44. The van der Waals surface area contributed by atoms with E-state index < -0.39 is 0 Å². The monoisotopic (exact) mass is 380 g/mol. The summed E-state index contributed by atoms with van der Waals surface area (Å²) in [5, 5.41) is 6.33. The van der Waals surface area contributed by atoms with E-state index in [4.69, 9.17) is 4.74 Å². The number of rotatable bonds is 6. The van der Waals surface area contributed by atoms with Crippen molar-refractivity contribution in [2.45, 2.75) is 32.0 Å². The Morgan fingerprint density at radius 1 is 1.18 bits per heavy atom. The van der Waals surface area contributed by atoms with Gasteiger partial charge in [0.1, 0.15) is 6.10 Å². The fourth-order valence-electron chi connectivity index (χ4n) is 3.26. The molecule has 0 bridgehead atoms. The van der Waals surface area contributed by atoms with Crippen LogP contribution in [0.3, 0.4) is 0 Å². The molecule has 0 spiro atoms. The first-order chi connectivity index (χ1) is 13.7. The van der Waals surface area contributed by atoms with E-state index in [0.29, 0.717) is 13.2 Å². The van der Waals surface area contributed by atoms with Gasteiger partial charge in [-0.25, -0.2) is 0 Å². The van der Waals surface area contributed by atoms with E-state index in [1.165, 1.54) is 5.56 Å². The third kappa shape index (κ3) is 5.57. The van der Waals surface area contributed by atoms with Crippen LogP contribution in [0.25, 0.3) is 0 Å². The lowest BCUT2D eigenvalue weighted by molar-refractivity contribution is -0.124. The molecule has 1 atom stereocenters. The number of amides is 1. The first kappa shape index (κ1) is 19.9. The molecule has 2 N–H and O–H groups in total. The number of anilines is 1. The van der Waals surface area contributed by atoms with Crippen molar-refractivity contribution in [3.63, 3.8) is 0 Å². The van der Waals surface area contributed by atoms with E-state index in [-0.39, 0.29) is 12.0 Å². The SMILES string of the molecule is CN=C(NCc1cccc(NC(=O)C2CCCO2)c1)N(C)Cc1ccccc1. The van der Waals surface area contributed by atoms with E-state index in [0.717, 1.165) is 36.6 Å². The zero-order valence-electron chi connectivity index (χ0n) is 16.5. The van der Waals surface area contributed by atoms with Crippen LogP contribution in [-0.4, -0.2) is 43.6 Å². The van der Waals surface area contributed by atoms with Gasteiger partial charge in [0, 0.05) is 39.5 Å². The smallest absolute Gasteiger partial charge is 0.253 e. The van der Waals surface area contributed by atoms with Crippen LogP contribution in [0.4, 0.5) is 5.69 Å². The van der Waals surface area contributed by atoms with E-state index in [1.54, 1.807) is 7.05 Å². The molecule has 1 heterocycles. The van der Waals surface area contributed by atoms with Crippen LogP contribution in [0.5, 0.6) is 0 Å². The zero-order valence-corrected chi connectivity index (χ0v) is 16.5. The highest BCUT2D eigenvalue weighted by atomic mass is 16.5. The van der Waals surface area contributed by atoms with E-state index >= 15 is 0 Å². The molecule has 1 unspecified atom stereocenters. The number of nitrogens with one attached hydrogen (secondary N) is 2. The van der Waals surface area contributed by atoms with Crippen molar-refractivity contribution in [3.05, 3.63) is 65.7 Å². The van der Waals surface area contributed by atoms with Gasteiger partial charge < -0.3 is 20.3 Å². The van der Waals surface area contributed by atoms with Crippen LogP contribution in [0.2, 0.25) is 0 Å². The van der Waals surface area contributed by atoms with E-state index in [2.05, 4.69) is 32.7 Å². The predicted octanol–water partition coefficient (Wildman–Crippen LogP) is 3.01. The maximum Gasteiger partial charge on any atom is 0.253 e. The largest absolute Gasteiger partial charge is 0.368 e. The minimum absolute atomic E-state index is 0.0685. The molecule has 3 rings (SSSR count). The Balaban J connectivity index is 1.54. The number of carbonyl (C=O) groups is 1. The molecular formula is C22H28N4O2. The molecule has 28 heavy (non-hydrogen) atoms. The molecule has 1 aliphatic heterocycles. The maximum atomic E-state index is 12.2. The van der Waals surface area contributed by atoms with Crippen LogP contribution in [0, 0.1) is 0 Å². The summed E-state index contributed by atoms with van der Waals surface area (Å²) in [5.41, 5.74) is 3.08. The van der Waals surface area contributed by atoms with Crippen LogP contribution >= 0.6 is 0 Å². The van der Waals surface area contributed by atoms with Crippen molar-refractivity contribution < 1.29 is 9.53 Å². The molecule has 2 aromatic rings. The lowest BCUT2D eigenvalue weighted by Gasteiger charge is -2.22. The summed E-state index contributed by atoms with van der Waals surface area (Å²) in [6.45, 7) is 2.06. The topological polar surface area (TPSA) is 66.0 Å². The Morgan fingerprint density at radius 3 is 2.68 bits per heavy atom. The lowest BCUT2D eigenvalue weighted by atomic mass is 10.2. The highest BCUT2D eigenvalue weighted by Crippen LogP contribution is 2.16. The molecular weight excluding hydrogens is 352 g/mol. The highest BCUT2D eigenvalue weighted by molar-refractivity contribution is 5.94. The highest BCUT2D eigenvalue weighted by Gasteiger charge is 2.23. The standard InChI is InChI=1S/C22H28N4O2/c1-23-22(26(2)16-17-8-4-3-5-9-17)24-15-18-10-6-11-19(14-18)25-21(27)20-12-7-13-28-20/h3-6,8-11,14,20H,7,12-13,15-16H2,1-2H3,(H,23,24)(H,25,27). The van der Waals surface area contributed by atoms with Gasteiger partial charge in [0.2, 0.25) is 0 Å². The van der Waals surface area contributed by atoms with Crippen molar-refractivity contribution in [3.8, 4) is 0 Å². The molecule has 6 heteroatoms. The predicted molar refractivity (Wildman–Crippen MR) is 112 cm³/mol. The summed E-state index contributed by atoms with van der Waals surface area (Å²) in [5.74, 6) is 0.749. The first-order valence-corrected chi connectivity index (χ1v) is 9.63. The van der Waals surface area contributed by atoms with E-state index in [1.807, 2.05) is 49.5 Å². The number of nitrogens with zero attached hydrogens (tertiary/aromatic N) is 2. The average Bonchev–Trinajstić information content (AvgIpc) is 3.24. The second kappa shape index (κ2) is 9.90. The molecule has 0 saturated carbocycles. The fraction of sp³-hybridized carbons (Fsp3) is 0.364. The Hall–Kier alpha value is -2.86. The Bertz CT molecular complexity index is 801. The minimum atomic E-state index is -0.327. The van der Waals surface area contributed by atoms with Crippen molar-refractivity contribution in [2.75, 3.05) is 26.0 Å². The average molecular weight is 380 g/mol. The van der Waals surface area contributed by atoms with Gasteiger partial charge in [-0.3, -0.25) is 9.79 Å². The van der Waals surface area contributed by atoms with Gasteiger partial charge in [0.25, 0.3) is 5.91 Å². The molecule has 2 aromatic carbocycles. The second-order valence-corrected chi connectivity index (χ2v) is 6.93. The molecule has 0 aromatic heterocycles. The van der Waals surface area contributed by atoms with Gasteiger partial charge >= 0.3 is 0 Å². The van der Waals surface area contributed by atoms with Gasteiger partial charge in [0.05, 0.1) is 0 Å². The Kier molecular flexibility index (Phi) is 7.03. The summed E-state index contributed by atoms with van der Waals surface area (Å²) in [6.07, 6.45) is 1.40. The minimum Gasteiger partial charge on any atom is -0.368 e. The van der Waals surface area contributed by atoms with Crippen molar-refractivity contribution >= 4 is 17.6 Å². The van der Waals surface area contributed by atoms with Gasteiger partial charge in [-0.15, -0.1) is 0 Å². The number of ether oxygens (including phenoxy) is 1. The Morgan fingerprint density at radius 2 is 1.96 bits per heavy atom. The van der Waals surface area contributed by atoms with Gasteiger partial charge in [-0.2, -0.15) is 0 Å². The lowest BCUT2D eigenvalue weighted by Crippen LogP contribution is -2.38. The van der Waals surface area contributed by atoms with Crippen LogP contribution in [0.15, 0.2) is 59.6 Å². The normalized spacial score (nSPS) is 16.6. The van der Waals surface area contributed by atoms with Gasteiger partial charge in [-0.1, -0.05) is 42.5 Å². The molecule has 1 aliphatic rings. The number of guanidine groups is 1. The first-order valence-electron chi connectivity index (χ1n) is 9.63. The molecule has 148 valence electrons. The number of hydrogen-bond donors (Lipinski definition) is 2. The summed E-state index contributed by atoms with van der Waals surface area (Å²) in [7, 11) is 3.79. The number of carbonyl (C=O) groups excluding carboxylic acids is 1. The molecule has 0 radical (unpaired) electrons. The van der Waals surface area contributed by atoms with Gasteiger partial charge in [-0.05, 0) is 36.1 Å². The quantitative estimate of drug-likeness (QED) is 0.597. The van der Waals surface area contributed by atoms with Crippen molar-refractivity contribution in [1.82, 2.24) is 10.2 Å². The zero-order chi connectivity index (χ0) is 19.8. The summed E-state index contributed by atoms with van der Waals surface area (Å²) >= 11 is 0. The van der Waals surface area contributed by atoms with Crippen LogP contribution < -0.4 is 10.6 Å². The molecule has 1 fully saturated rings. The van der Waals surface area contributed by atoms with E-state index in [9.17, 15) is 4.79 Å². The maximum absolute atomic E-state index is 12.2. The third-order valence-electron chi connectivity index (χ3n) is 4.70. The number of aliphatic imine (C=N–C) groups is 1. The third-order valence-corrected chi connectivity index (χ3v) is 4.70. The van der Waals surface area contributed by atoms with Crippen LogP contribution in [0.1, 0.15) is 24.0 Å². The summed E-state index contributed by atoms with van der Waals surface area (Å²) in [6, 6.07) is 18.1. The Labute approximate surface area is 166 Å². The second-order valence-electron chi connectivity index (χ2n) is 6.93.